The second-order valence-electron chi connectivity index (χ2n) is 2.77. The molecule has 0 atom stereocenters. The molecule has 0 spiro atoms. The molecule has 1 heterocycles. The van der Waals surface area contributed by atoms with E-state index in [0.29, 0.717) is 6.54 Å². The van der Waals surface area contributed by atoms with E-state index in [1.807, 2.05) is 25.1 Å². The first-order valence-electron chi connectivity index (χ1n) is 4.03. The summed E-state index contributed by atoms with van der Waals surface area (Å²) in [6.45, 7) is 2.37. The van der Waals surface area contributed by atoms with Crippen molar-refractivity contribution in [1.29, 1.82) is 0 Å². The molecule has 4 heteroatoms. The van der Waals surface area contributed by atoms with Crippen molar-refractivity contribution >= 4 is 5.97 Å². The number of carbonyl (C=O) groups is 1. The van der Waals surface area contributed by atoms with Gasteiger partial charge in [-0.25, -0.2) is 0 Å². The highest BCUT2D eigenvalue weighted by atomic mass is 16.4. The Bertz CT molecular complexity index is 299. The first-order chi connectivity index (χ1) is 6.18. The molecule has 1 rings (SSSR count). The topological polar surface area (TPSA) is 62.2 Å². The zero-order chi connectivity index (χ0) is 9.68. The van der Waals surface area contributed by atoms with Crippen molar-refractivity contribution in [1.82, 2.24) is 10.3 Å². The molecule has 1 aromatic heterocycles. The number of hydrogen-bond donors (Lipinski definition) is 2. The molecule has 4 nitrogen and oxygen atoms in total. The Kier molecular flexibility index (Phi) is 3.40. The minimum atomic E-state index is -0.854. The third kappa shape index (κ3) is 3.66. The molecule has 13 heavy (non-hydrogen) atoms. The molecule has 0 bridgehead atoms. The maximum absolute atomic E-state index is 10.2. The summed E-state index contributed by atoms with van der Waals surface area (Å²) in [5.74, 6) is -0.854. The van der Waals surface area contributed by atoms with Crippen LogP contribution >= 0.6 is 0 Å². The lowest BCUT2D eigenvalue weighted by Gasteiger charge is -2.01. The van der Waals surface area contributed by atoms with Crippen LogP contribution in [0, 0.1) is 6.92 Å². The number of rotatable bonds is 4. The van der Waals surface area contributed by atoms with Crippen LogP contribution in [0.4, 0.5) is 0 Å². The Balaban J connectivity index is 2.41. The Morgan fingerprint density at radius 1 is 1.62 bits per heavy atom. The second-order valence-corrected chi connectivity index (χ2v) is 2.77. The molecule has 70 valence electrons. The van der Waals surface area contributed by atoms with E-state index < -0.39 is 5.97 Å². The Morgan fingerprint density at radius 2 is 2.38 bits per heavy atom. The van der Waals surface area contributed by atoms with Crippen LogP contribution in [0.1, 0.15) is 11.4 Å². The predicted molar refractivity (Wildman–Crippen MR) is 48.3 cm³/mol. The van der Waals surface area contributed by atoms with Gasteiger partial charge in [0.15, 0.2) is 0 Å². The summed E-state index contributed by atoms with van der Waals surface area (Å²) in [5, 5.41) is 11.1. The monoisotopic (exact) mass is 180 g/mol. The summed E-state index contributed by atoms with van der Waals surface area (Å²) < 4.78 is 0. The smallest absolute Gasteiger partial charge is 0.317 e. The van der Waals surface area contributed by atoms with Crippen molar-refractivity contribution < 1.29 is 9.90 Å². The third-order valence-electron chi connectivity index (χ3n) is 1.53. The molecule has 0 aromatic carbocycles. The highest BCUT2D eigenvalue weighted by Crippen LogP contribution is 1.96. The van der Waals surface area contributed by atoms with Crippen LogP contribution in [-0.2, 0) is 11.3 Å². The number of pyridine rings is 1. The van der Waals surface area contributed by atoms with E-state index in [0.717, 1.165) is 11.4 Å². The summed E-state index contributed by atoms with van der Waals surface area (Å²) in [7, 11) is 0. The molecule has 0 aliphatic carbocycles. The number of aromatic nitrogens is 1. The van der Waals surface area contributed by atoms with Crippen LogP contribution in [-0.4, -0.2) is 22.6 Å². The first-order valence-corrected chi connectivity index (χ1v) is 4.03. The third-order valence-corrected chi connectivity index (χ3v) is 1.53. The summed E-state index contributed by atoms with van der Waals surface area (Å²) in [6.07, 6.45) is 0. The van der Waals surface area contributed by atoms with E-state index in [-0.39, 0.29) is 6.54 Å². The van der Waals surface area contributed by atoms with Crippen LogP contribution in [0.5, 0.6) is 0 Å². The van der Waals surface area contributed by atoms with Crippen LogP contribution in [0.15, 0.2) is 18.2 Å². The zero-order valence-corrected chi connectivity index (χ0v) is 7.45. The van der Waals surface area contributed by atoms with Gasteiger partial charge in [0, 0.05) is 12.2 Å². The lowest BCUT2D eigenvalue weighted by Crippen LogP contribution is -2.22. The molecule has 0 amide bonds. The fraction of sp³-hybridized carbons (Fsp3) is 0.333. The maximum Gasteiger partial charge on any atom is 0.317 e. The average molecular weight is 180 g/mol. The Hall–Kier alpha value is -1.42. The SMILES string of the molecule is Cc1cccc(CNCC(=O)O)n1. The van der Waals surface area contributed by atoms with Crippen molar-refractivity contribution in [2.24, 2.45) is 0 Å². The molecule has 0 saturated carbocycles. The number of hydrogen-bond acceptors (Lipinski definition) is 3. The van der Waals surface area contributed by atoms with Gasteiger partial charge in [0.05, 0.1) is 12.2 Å². The van der Waals surface area contributed by atoms with Gasteiger partial charge in [0.1, 0.15) is 0 Å². The molecule has 0 aliphatic heterocycles. The second kappa shape index (κ2) is 4.57. The van der Waals surface area contributed by atoms with E-state index in [1.54, 1.807) is 0 Å². The lowest BCUT2D eigenvalue weighted by atomic mass is 10.3. The molecule has 0 aliphatic rings. The standard InChI is InChI=1S/C9H12N2O2/c1-7-3-2-4-8(11-7)5-10-6-9(12)13/h2-4,10H,5-6H2,1H3,(H,12,13). The minimum Gasteiger partial charge on any atom is -0.480 e. The van der Waals surface area contributed by atoms with Crippen molar-refractivity contribution in [3.05, 3.63) is 29.6 Å². The molecule has 0 fully saturated rings. The summed E-state index contributed by atoms with van der Waals surface area (Å²) in [5.41, 5.74) is 1.80. The number of nitrogens with one attached hydrogen (secondary N) is 1. The minimum absolute atomic E-state index is 0.0321. The number of aryl methyl sites for hydroxylation is 1. The van der Waals surface area contributed by atoms with Crippen molar-refractivity contribution in [2.75, 3.05) is 6.54 Å². The Morgan fingerprint density at radius 3 is 3.00 bits per heavy atom. The number of nitrogens with zero attached hydrogens (tertiary/aromatic N) is 1. The predicted octanol–water partition coefficient (Wildman–Crippen LogP) is 0.564. The fourth-order valence-electron chi connectivity index (χ4n) is 0.995. The van der Waals surface area contributed by atoms with E-state index in [2.05, 4.69) is 10.3 Å². The van der Waals surface area contributed by atoms with E-state index in [4.69, 9.17) is 5.11 Å². The fourth-order valence-corrected chi connectivity index (χ4v) is 0.995. The van der Waals surface area contributed by atoms with Crippen LogP contribution in [0.25, 0.3) is 0 Å². The molecule has 1 aromatic rings. The number of carboxylic acid groups (broad SMARTS) is 1. The zero-order valence-electron chi connectivity index (χ0n) is 7.45. The van der Waals surface area contributed by atoms with Crippen molar-refractivity contribution in [2.45, 2.75) is 13.5 Å². The lowest BCUT2D eigenvalue weighted by molar-refractivity contribution is -0.135. The summed E-state index contributed by atoms with van der Waals surface area (Å²) in [6, 6.07) is 5.67. The molecular formula is C9H12N2O2. The molecular weight excluding hydrogens is 168 g/mol. The van der Waals surface area contributed by atoms with Crippen LogP contribution < -0.4 is 5.32 Å². The number of aliphatic carboxylic acids is 1. The van der Waals surface area contributed by atoms with Gasteiger partial charge in [-0.1, -0.05) is 6.07 Å². The van der Waals surface area contributed by atoms with Gasteiger partial charge in [-0.3, -0.25) is 9.78 Å². The summed E-state index contributed by atoms with van der Waals surface area (Å²) >= 11 is 0. The Labute approximate surface area is 76.6 Å². The van der Waals surface area contributed by atoms with Gasteiger partial charge in [-0.05, 0) is 19.1 Å². The highest BCUT2D eigenvalue weighted by Gasteiger charge is 1.97. The van der Waals surface area contributed by atoms with Gasteiger partial charge in [0.2, 0.25) is 0 Å². The highest BCUT2D eigenvalue weighted by molar-refractivity contribution is 5.68. The molecule has 0 radical (unpaired) electrons. The average Bonchev–Trinajstić information content (AvgIpc) is 2.03. The van der Waals surface area contributed by atoms with Gasteiger partial charge in [0.25, 0.3) is 0 Å². The quantitative estimate of drug-likeness (QED) is 0.710. The van der Waals surface area contributed by atoms with Crippen LogP contribution in [0.3, 0.4) is 0 Å². The van der Waals surface area contributed by atoms with E-state index >= 15 is 0 Å². The van der Waals surface area contributed by atoms with Crippen molar-refractivity contribution in [3.8, 4) is 0 Å². The van der Waals surface area contributed by atoms with E-state index in [1.165, 1.54) is 0 Å². The van der Waals surface area contributed by atoms with Gasteiger partial charge in [-0.15, -0.1) is 0 Å². The molecule has 0 saturated heterocycles. The van der Waals surface area contributed by atoms with Crippen LogP contribution in [0.2, 0.25) is 0 Å². The molecule has 2 N–H and O–H groups in total. The van der Waals surface area contributed by atoms with Gasteiger partial charge >= 0.3 is 5.97 Å². The normalized spacial score (nSPS) is 9.92. The first kappa shape index (κ1) is 9.67. The molecule has 0 unspecified atom stereocenters. The summed E-state index contributed by atoms with van der Waals surface area (Å²) in [4.78, 5) is 14.4. The van der Waals surface area contributed by atoms with Crippen molar-refractivity contribution in [3.63, 3.8) is 0 Å². The maximum atomic E-state index is 10.2. The van der Waals surface area contributed by atoms with Gasteiger partial charge < -0.3 is 10.4 Å². The van der Waals surface area contributed by atoms with Gasteiger partial charge in [-0.2, -0.15) is 0 Å². The number of carboxylic acids is 1. The largest absolute Gasteiger partial charge is 0.480 e. The van der Waals surface area contributed by atoms with E-state index in [9.17, 15) is 4.79 Å².